The molecule has 0 bridgehead atoms. The van der Waals surface area contributed by atoms with Gasteiger partial charge >= 0.3 is 0 Å². The molecular formula is C15H16ClNO. The first-order valence-corrected chi connectivity index (χ1v) is 6.52. The van der Waals surface area contributed by atoms with Gasteiger partial charge in [-0.25, -0.2) is 4.98 Å². The zero-order chi connectivity index (χ0) is 13.0. The van der Waals surface area contributed by atoms with Crippen LogP contribution in [0.4, 0.5) is 0 Å². The number of ether oxygens (including phenoxy) is 1. The lowest BCUT2D eigenvalue weighted by Gasteiger charge is -2.13. The van der Waals surface area contributed by atoms with E-state index >= 15 is 0 Å². The summed E-state index contributed by atoms with van der Waals surface area (Å²) < 4.78 is 5.84. The number of pyridine rings is 1. The Kier molecular flexibility index (Phi) is 4.21. The predicted molar refractivity (Wildman–Crippen MR) is 74.4 cm³/mol. The maximum atomic E-state index is 5.84. The topological polar surface area (TPSA) is 22.1 Å². The van der Waals surface area contributed by atoms with Crippen LogP contribution >= 0.6 is 11.6 Å². The van der Waals surface area contributed by atoms with E-state index in [0.29, 0.717) is 17.7 Å². The summed E-state index contributed by atoms with van der Waals surface area (Å²) in [6.45, 7) is 4.29. The highest BCUT2D eigenvalue weighted by Gasteiger charge is 2.08. The molecule has 0 atom stereocenters. The first kappa shape index (κ1) is 12.9. The molecular weight excluding hydrogens is 246 g/mol. The van der Waals surface area contributed by atoms with Crippen LogP contribution in [0.2, 0.25) is 0 Å². The van der Waals surface area contributed by atoms with E-state index in [1.165, 1.54) is 5.56 Å². The Labute approximate surface area is 113 Å². The second kappa shape index (κ2) is 5.87. The van der Waals surface area contributed by atoms with Gasteiger partial charge in [0.05, 0.1) is 0 Å². The number of nitrogens with zero attached hydrogens (tertiary/aromatic N) is 1. The van der Waals surface area contributed by atoms with E-state index in [9.17, 15) is 0 Å². The molecule has 0 amide bonds. The van der Waals surface area contributed by atoms with Crippen molar-refractivity contribution in [1.29, 1.82) is 0 Å². The van der Waals surface area contributed by atoms with Gasteiger partial charge in [-0.15, -0.1) is 11.6 Å². The SMILES string of the molecule is CC(C)c1ccccc1Oc1cc(CCl)ccn1. The van der Waals surface area contributed by atoms with E-state index in [-0.39, 0.29) is 0 Å². The van der Waals surface area contributed by atoms with Crippen LogP contribution < -0.4 is 4.74 Å². The molecule has 3 heteroatoms. The van der Waals surface area contributed by atoms with E-state index in [1.54, 1.807) is 6.20 Å². The Balaban J connectivity index is 2.28. The number of aromatic nitrogens is 1. The molecule has 2 aromatic rings. The van der Waals surface area contributed by atoms with E-state index < -0.39 is 0 Å². The van der Waals surface area contributed by atoms with Crippen molar-refractivity contribution in [3.63, 3.8) is 0 Å². The molecule has 1 aromatic carbocycles. The Morgan fingerprint density at radius 2 is 2.00 bits per heavy atom. The fraction of sp³-hybridized carbons (Fsp3) is 0.267. The normalized spacial score (nSPS) is 10.7. The molecule has 94 valence electrons. The van der Waals surface area contributed by atoms with E-state index in [4.69, 9.17) is 16.3 Å². The lowest BCUT2D eigenvalue weighted by molar-refractivity contribution is 0.454. The molecule has 1 heterocycles. The van der Waals surface area contributed by atoms with Gasteiger partial charge in [0.15, 0.2) is 0 Å². The quantitative estimate of drug-likeness (QED) is 0.742. The minimum atomic E-state index is 0.414. The molecule has 0 N–H and O–H groups in total. The standard InChI is InChI=1S/C15H16ClNO/c1-11(2)13-5-3-4-6-14(13)18-15-9-12(10-16)7-8-17-15/h3-9,11H,10H2,1-2H3. The molecule has 0 spiro atoms. The summed E-state index contributed by atoms with van der Waals surface area (Å²) in [7, 11) is 0. The molecule has 0 radical (unpaired) electrons. The second-order valence-corrected chi connectivity index (χ2v) is 4.70. The van der Waals surface area contributed by atoms with Crippen LogP contribution in [0.25, 0.3) is 0 Å². The van der Waals surface area contributed by atoms with Crippen molar-refractivity contribution in [2.45, 2.75) is 25.6 Å². The van der Waals surface area contributed by atoms with Crippen LogP contribution in [0.15, 0.2) is 42.6 Å². The lowest BCUT2D eigenvalue weighted by Crippen LogP contribution is -1.95. The van der Waals surface area contributed by atoms with Crippen LogP contribution in [0.1, 0.15) is 30.9 Å². The zero-order valence-corrected chi connectivity index (χ0v) is 11.3. The molecule has 0 aliphatic carbocycles. The molecule has 2 nitrogen and oxygen atoms in total. The summed E-state index contributed by atoms with van der Waals surface area (Å²) in [5, 5.41) is 0. The number of para-hydroxylation sites is 1. The van der Waals surface area contributed by atoms with Crippen LogP contribution in [-0.4, -0.2) is 4.98 Å². The summed E-state index contributed by atoms with van der Waals surface area (Å²) >= 11 is 5.80. The lowest BCUT2D eigenvalue weighted by atomic mass is 10.0. The molecule has 0 aliphatic heterocycles. The summed E-state index contributed by atoms with van der Waals surface area (Å²) in [5.41, 5.74) is 2.18. The number of rotatable bonds is 4. The minimum Gasteiger partial charge on any atom is -0.439 e. The van der Waals surface area contributed by atoms with Gasteiger partial charge < -0.3 is 4.74 Å². The van der Waals surface area contributed by atoms with Crippen LogP contribution in [0.5, 0.6) is 11.6 Å². The minimum absolute atomic E-state index is 0.414. The summed E-state index contributed by atoms with van der Waals surface area (Å²) in [4.78, 5) is 4.20. The molecule has 18 heavy (non-hydrogen) atoms. The monoisotopic (exact) mass is 261 g/mol. The smallest absolute Gasteiger partial charge is 0.219 e. The van der Waals surface area contributed by atoms with Crippen LogP contribution in [-0.2, 0) is 5.88 Å². The van der Waals surface area contributed by atoms with Gasteiger partial charge in [-0.3, -0.25) is 0 Å². The predicted octanol–water partition coefficient (Wildman–Crippen LogP) is 4.74. The van der Waals surface area contributed by atoms with Gasteiger partial charge in [0, 0.05) is 18.1 Å². The van der Waals surface area contributed by atoms with Crippen LogP contribution in [0.3, 0.4) is 0 Å². The summed E-state index contributed by atoms with van der Waals surface area (Å²) in [6.07, 6.45) is 1.71. The highest BCUT2D eigenvalue weighted by molar-refractivity contribution is 6.17. The fourth-order valence-electron chi connectivity index (χ4n) is 1.75. The van der Waals surface area contributed by atoms with Gasteiger partial charge in [-0.05, 0) is 29.2 Å². The summed E-state index contributed by atoms with van der Waals surface area (Å²) in [6, 6.07) is 11.8. The molecule has 0 saturated heterocycles. The fourth-order valence-corrected chi connectivity index (χ4v) is 1.92. The third-order valence-electron chi connectivity index (χ3n) is 2.71. The Bertz CT molecular complexity index is 525. The first-order chi connectivity index (χ1) is 8.70. The Morgan fingerprint density at radius 1 is 1.22 bits per heavy atom. The average molecular weight is 262 g/mol. The third kappa shape index (κ3) is 3.02. The van der Waals surface area contributed by atoms with Crippen molar-refractivity contribution >= 4 is 11.6 Å². The molecule has 0 fully saturated rings. The molecule has 0 saturated carbocycles. The van der Waals surface area contributed by atoms with Gasteiger partial charge in [-0.2, -0.15) is 0 Å². The zero-order valence-electron chi connectivity index (χ0n) is 10.6. The van der Waals surface area contributed by atoms with E-state index in [1.807, 2.05) is 30.3 Å². The average Bonchev–Trinajstić information content (AvgIpc) is 2.39. The Morgan fingerprint density at radius 3 is 2.72 bits per heavy atom. The van der Waals surface area contributed by atoms with Gasteiger partial charge in [0.25, 0.3) is 0 Å². The summed E-state index contributed by atoms with van der Waals surface area (Å²) in [5.74, 6) is 2.32. The molecule has 0 aliphatic rings. The third-order valence-corrected chi connectivity index (χ3v) is 3.02. The van der Waals surface area contributed by atoms with Crippen molar-refractivity contribution in [3.8, 4) is 11.6 Å². The number of halogens is 1. The van der Waals surface area contributed by atoms with Crippen molar-refractivity contribution in [1.82, 2.24) is 4.98 Å². The van der Waals surface area contributed by atoms with Gasteiger partial charge in [0.2, 0.25) is 5.88 Å². The van der Waals surface area contributed by atoms with E-state index in [0.717, 1.165) is 11.3 Å². The highest BCUT2D eigenvalue weighted by Crippen LogP contribution is 2.29. The highest BCUT2D eigenvalue weighted by atomic mass is 35.5. The molecule has 2 rings (SSSR count). The van der Waals surface area contributed by atoms with Crippen molar-refractivity contribution in [2.75, 3.05) is 0 Å². The van der Waals surface area contributed by atoms with Crippen molar-refractivity contribution in [2.24, 2.45) is 0 Å². The van der Waals surface area contributed by atoms with E-state index in [2.05, 4.69) is 24.9 Å². The number of alkyl halides is 1. The largest absolute Gasteiger partial charge is 0.439 e. The number of hydrogen-bond donors (Lipinski definition) is 0. The molecule has 1 aromatic heterocycles. The van der Waals surface area contributed by atoms with Gasteiger partial charge in [0.1, 0.15) is 5.75 Å². The second-order valence-electron chi connectivity index (χ2n) is 4.43. The first-order valence-electron chi connectivity index (χ1n) is 5.98. The van der Waals surface area contributed by atoms with Crippen LogP contribution in [0, 0.1) is 0 Å². The van der Waals surface area contributed by atoms with Gasteiger partial charge in [-0.1, -0.05) is 32.0 Å². The Hall–Kier alpha value is -1.54. The maximum absolute atomic E-state index is 5.84. The maximum Gasteiger partial charge on any atom is 0.219 e. The number of hydrogen-bond acceptors (Lipinski definition) is 2. The molecule has 0 unspecified atom stereocenters. The van der Waals surface area contributed by atoms with Crippen molar-refractivity contribution in [3.05, 3.63) is 53.7 Å². The van der Waals surface area contributed by atoms with Crippen molar-refractivity contribution < 1.29 is 4.74 Å². The number of benzene rings is 1.